The number of halogens is 3. The standard InChI is InChI=1S/C16H10F3N3O2/c17-16(18,19)13-7-2-1-6-12(13)15(23)21-11-5-3-4-10(8-11)14-20-9-24-22-14/h1-9H,(H,21,23). The number of aromatic nitrogens is 2. The molecule has 0 unspecified atom stereocenters. The first-order chi connectivity index (χ1) is 11.4. The lowest BCUT2D eigenvalue weighted by molar-refractivity contribution is -0.137. The Labute approximate surface area is 134 Å². The van der Waals surface area contributed by atoms with Crippen LogP contribution in [0, 0.1) is 0 Å². The summed E-state index contributed by atoms with van der Waals surface area (Å²) in [6.07, 6.45) is -3.46. The lowest BCUT2D eigenvalue weighted by Gasteiger charge is -2.12. The van der Waals surface area contributed by atoms with Gasteiger partial charge in [-0.05, 0) is 24.3 Å². The second-order valence-corrected chi connectivity index (χ2v) is 4.83. The Bertz CT molecular complexity index is 861. The fourth-order valence-electron chi connectivity index (χ4n) is 2.16. The molecular weight excluding hydrogens is 323 g/mol. The van der Waals surface area contributed by atoms with Crippen molar-refractivity contribution in [3.8, 4) is 11.4 Å². The molecule has 1 aromatic heterocycles. The van der Waals surface area contributed by atoms with Crippen molar-refractivity contribution in [2.45, 2.75) is 6.18 Å². The van der Waals surface area contributed by atoms with E-state index < -0.39 is 23.2 Å². The minimum atomic E-state index is -4.61. The molecular formula is C16H10F3N3O2. The van der Waals surface area contributed by atoms with Crippen LogP contribution in [0.3, 0.4) is 0 Å². The number of amides is 1. The minimum absolute atomic E-state index is 0.307. The van der Waals surface area contributed by atoms with E-state index in [-0.39, 0.29) is 0 Å². The van der Waals surface area contributed by atoms with E-state index in [1.54, 1.807) is 24.3 Å². The zero-order chi connectivity index (χ0) is 17.2. The van der Waals surface area contributed by atoms with Gasteiger partial charge in [0.05, 0.1) is 11.1 Å². The van der Waals surface area contributed by atoms with Crippen molar-refractivity contribution < 1.29 is 22.5 Å². The van der Waals surface area contributed by atoms with Gasteiger partial charge in [0.15, 0.2) is 0 Å². The molecule has 8 heteroatoms. The van der Waals surface area contributed by atoms with Gasteiger partial charge in [0.1, 0.15) is 0 Å². The fourth-order valence-corrected chi connectivity index (χ4v) is 2.16. The second-order valence-electron chi connectivity index (χ2n) is 4.83. The number of carbonyl (C=O) groups is 1. The molecule has 0 spiro atoms. The summed E-state index contributed by atoms with van der Waals surface area (Å²) in [4.78, 5) is 16.1. The molecule has 1 heterocycles. The van der Waals surface area contributed by atoms with Crippen LogP contribution in [0.4, 0.5) is 18.9 Å². The van der Waals surface area contributed by atoms with Crippen LogP contribution in [0.2, 0.25) is 0 Å². The predicted octanol–water partition coefficient (Wildman–Crippen LogP) is 4.01. The maximum absolute atomic E-state index is 13.0. The van der Waals surface area contributed by atoms with Gasteiger partial charge >= 0.3 is 6.18 Å². The number of anilines is 1. The lowest BCUT2D eigenvalue weighted by Crippen LogP contribution is -2.18. The predicted molar refractivity (Wildman–Crippen MR) is 79.1 cm³/mol. The third kappa shape index (κ3) is 3.27. The quantitative estimate of drug-likeness (QED) is 0.786. The van der Waals surface area contributed by atoms with Gasteiger partial charge in [-0.3, -0.25) is 4.79 Å². The summed E-state index contributed by atoms with van der Waals surface area (Å²) in [5.74, 6) is -0.546. The van der Waals surface area contributed by atoms with Crippen LogP contribution in [-0.2, 0) is 6.18 Å². The topological polar surface area (TPSA) is 68.0 Å². The minimum Gasteiger partial charge on any atom is -0.342 e. The third-order valence-corrected chi connectivity index (χ3v) is 3.22. The molecule has 3 aromatic rings. The van der Waals surface area contributed by atoms with E-state index in [4.69, 9.17) is 0 Å². The van der Waals surface area contributed by atoms with Gasteiger partial charge in [-0.1, -0.05) is 29.4 Å². The monoisotopic (exact) mass is 333 g/mol. The zero-order valence-corrected chi connectivity index (χ0v) is 12.0. The molecule has 3 rings (SSSR count). The number of benzene rings is 2. The Morgan fingerprint density at radius 3 is 2.58 bits per heavy atom. The van der Waals surface area contributed by atoms with E-state index in [2.05, 4.69) is 20.0 Å². The van der Waals surface area contributed by atoms with Gasteiger partial charge in [-0.15, -0.1) is 0 Å². The Morgan fingerprint density at radius 2 is 1.88 bits per heavy atom. The largest absolute Gasteiger partial charge is 0.417 e. The molecule has 0 fully saturated rings. The normalized spacial score (nSPS) is 11.3. The maximum Gasteiger partial charge on any atom is 0.417 e. The number of nitrogens with one attached hydrogen (secondary N) is 1. The molecule has 0 saturated carbocycles. The molecule has 122 valence electrons. The van der Waals surface area contributed by atoms with E-state index in [0.717, 1.165) is 18.5 Å². The number of nitrogens with zero attached hydrogens (tertiary/aromatic N) is 2. The molecule has 0 atom stereocenters. The van der Waals surface area contributed by atoms with Crippen molar-refractivity contribution in [3.63, 3.8) is 0 Å². The lowest BCUT2D eigenvalue weighted by atomic mass is 10.1. The van der Waals surface area contributed by atoms with E-state index in [1.807, 2.05) is 0 Å². The first-order valence-corrected chi connectivity index (χ1v) is 6.79. The number of hydrogen-bond acceptors (Lipinski definition) is 4. The Balaban J connectivity index is 1.88. The number of carbonyl (C=O) groups excluding carboxylic acids is 1. The molecule has 24 heavy (non-hydrogen) atoms. The Hall–Kier alpha value is -3.16. The maximum atomic E-state index is 13.0. The van der Waals surface area contributed by atoms with Crippen LogP contribution in [0.5, 0.6) is 0 Å². The van der Waals surface area contributed by atoms with Crippen LogP contribution in [-0.4, -0.2) is 16.0 Å². The summed E-state index contributed by atoms with van der Waals surface area (Å²) in [7, 11) is 0. The highest BCUT2D eigenvalue weighted by Crippen LogP contribution is 2.32. The van der Waals surface area contributed by atoms with Crippen LogP contribution in [0.25, 0.3) is 11.4 Å². The summed E-state index contributed by atoms with van der Waals surface area (Å²) in [5, 5.41) is 6.11. The van der Waals surface area contributed by atoms with E-state index >= 15 is 0 Å². The van der Waals surface area contributed by atoms with Crippen LogP contribution >= 0.6 is 0 Å². The summed E-state index contributed by atoms with van der Waals surface area (Å²) in [6, 6.07) is 11.0. The van der Waals surface area contributed by atoms with Crippen LogP contribution < -0.4 is 5.32 Å². The average Bonchev–Trinajstić information content (AvgIpc) is 3.09. The SMILES string of the molecule is O=C(Nc1cccc(-c2ncon2)c1)c1ccccc1C(F)(F)F. The number of alkyl halides is 3. The van der Waals surface area contributed by atoms with Gasteiger partial charge in [-0.25, -0.2) is 0 Å². The summed E-state index contributed by atoms with van der Waals surface area (Å²) >= 11 is 0. The second kappa shape index (κ2) is 6.15. The average molecular weight is 333 g/mol. The van der Waals surface area contributed by atoms with Crippen molar-refractivity contribution in [2.75, 3.05) is 5.32 Å². The van der Waals surface area contributed by atoms with Gasteiger partial charge in [0, 0.05) is 11.3 Å². The van der Waals surface area contributed by atoms with Crippen molar-refractivity contribution >= 4 is 11.6 Å². The highest BCUT2D eigenvalue weighted by Gasteiger charge is 2.34. The molecule has 0 aliphatic carbocycles. The van der Waals surface area contributed by atoms with Crippen molar-refractivity contribution in [2.24, 2.45) is 0 Å². The first-order valence-electron chi connectivity index (χ1n) is 6.79. The molecule has 0 radical (unpaired) electrons. The summed E-state index contributed by atoms with van der Waals surface area (Å²) in [6.45, 7) is 0. The van der Waals surface area contributed by atoms with Crippen molar-refractivity contribution in [1.29, 1.82) is 0 Å². The van der Waals surface area contributed by atoms with Crippen molar-refractivity contribution in [1.82, 2.24) is 10.1 Å². The zero-order valence-electron chi connectivity index (χ0n) is 12.0. The highest BCUT2D eigenvalue weighted by molar-refractivity contribution is 6.05. The number of rotatable bonds is 3. The van der Waals surface area contributed by atoms with E-state index in [1.165, 1.54) is 12.1 Å². The third-order valence-electron chi connectivity index (χ3n) is 3.22. The molecule has 0 aliphatic rings. The molecule has 0 aliphatic heterocycles. The summed E-state index contributed by atoms with van der Waals surface area (Å²) in [5.41, 5.74) is -0.559. The van der Waals surface area contributed by atoms with E-state index in [0.29, 0.717) is 17.1 Å². The Kier molecular flexibility index (Phi) is 4.03. The van der Waals surface area contributed by atoms with Gasteiger partial charge in [0.25, 0.3) is 5.91 Å². The van der Waals surface area contributed by atoms with Gasteiger partial charge < -0.3 is 9.84 Å². The van der Waals surface area contributed by atoms with Gasteiger partial charge in [-0.2, -0.15) is 18.2 Å². The highest BCUT2D eigenvalue weighted by atomic mass is 19.4. The Morgan fingerprint density at radius 1 is 1.08 bits per heavy atom. The van der Waals surface area contributed by atoms with E-state index in [9.17, 15) is 18.0 Å². The molecule has 1 N–H and O–H groups in total. The number of hydrogen-bond donors (Lipinski definition) is 1. The summed E-state index contributed by atoms with van der Waals surface area (Å²) < 4.78 is 43.6. The smallest absolute Gasteiger partial charge is 0.342 e. The van der Waals surface area contributed by atoms with Crippen molar-refractivity contribution in [3.05, 3.63) is 66.1 Å². The molecule has 0 saturated heterocycles. The molecule has 0 bridgehead atoms. The van der Waals surface area contributed by atoms with Crippen LogP contribution in [0.15, 0.2) is 59.4 Å². The van der Waals surface area contributed by atoms with Crippen LogP contribution in [0.1, 0.15) is 15.9 Å². The molecule has 5 nitrogen and oxygen atoms in total. The fraction of sp³-hybridized carbons (Fsp3) is 0.0625. The first kappa shape index (κ1) is 15.7. The molecule has 2 aromatic carbocycles. The van der Waals surface area contributed by atoms with Gasteiger partial charge in [0.2, 0.25) is 12.2 Å². The molecule has 1 amide bonds.